The highest BCUT2D eigenvalue weighted by Gasteiger charge is 2.23. The number of carbonyl (C=O) groups is 1. The van der Waals surface area contributed by atoms with Gasteiger partial charge in [-0.15, -0.1) is 10.2 Å². The summed E-state index contributed by atoms with van der Waals surface area (Å²) in [5.41, 5.74) is 1.54. The van der Waals surface area contributed by atoms with Gasteiger partial charge in [0.25, 0.3) is 0 Å². The minimum Gasteiger partial charge on any atom is -0.339 e. The first-order valence-corrected chi connectivity index (χ1v) is 10.6. The number of hydrogen-bond donors (Lipinski definition) is 0. The number of hydrogen-bond acceptors (Lipinski definition) is 4. The minimum atomic E-state index is -0.279. The van der Waals surface area contributed by atoms with Gasteiger partial charge in [-0.05, 0) is 50.5 Å². The summed E-state index contributed by atoms with van der Waals surface area (Å²) in [5, 5.41) is 11.4. The second kappa shape index (κ2) is 8.27. The largest absolute Gasteiger partial charge is 0.339 e. The second-order valence-corrected chi connectivity index (χ2v) is 8.09. The van der Waals surface area contributed by atoms with Gasteiger partial charge in [-0.25, -0.2) is 4.39 Å². The van der Waals surface area contributed by atoms with Crippen LogP contribution in [0.25, 0.3) is 22.0 Å². The maximum atomic E-state index is 13.3. The molecule has 0 bridgehead atoms. The third-order valence-corrected chi connectivity index (χ3v) is 6.19. The molecule has 0 spiro atoms. The van der Waals surface area contributed by atoms with Gasteiger partial charge in [-0.2, -0.15) is 0 Å². The van der Waals surface area contributed by atoms with Crippen LogP contribution in [0.2, 0.25) is 0 Å². The molecule has 3 aromatic rings. The SMILES string of the molecule is CC1CCCCN1C(=O)CSc1nnc(-c2ccc(F)cc2)c2ccccc12. The molecule has 28 heavy (non-hydrogen) atoms. The molecule has 4 nitrogen and oxygen atoms in total. The summed E-state index contributed by atoms with van der Waals surface area (Å²) < 4.78 is 13.3. The summed E-state index contributed by atoms with van der Waals surface area (Å²) in [5.74, 6) is 0.239. The molecule has 1 aliphatic heterocycles. The molecule has 1 aliphatic rings. The Morgan fingerprint density at radius 1 is 1.11 bits per heavy atom. The first kappa shape index (κ1) is 18.9. The quantitative estimate of drug-likeness (QED) is 0.588. The summed E-state index contributed by atoms with van der Waals surface area (Å²) in [6, 6.07) is 14.5. The Morgan fingerprint density at radius 3 is 2.61 bits per heavy atom. The molecule has 1 unspecified atom stereocenters. The standard InChI is InChI=1S/C22H22FN3OS/c1-15-6-4-5-13-26(15)20(27)14-28-22-19-8-3-2-7-18(19)21(24-25-22)16-9-11-17(23)12-10-16/h2-3,7-12,15H,4-6,13-14H2,1H3. The summed E-state index contributed by atoms with van der Waals surface area (Å²) in [4.78, 5) is 14.6. The van der Waals surface area contributed by atoms with Crippen molar-refractivity contribution in [3.05, 3.63) is 54.3 Å². The van der Waals surface area contributed by atoms with Crippen molar-refractivity contribution in [2.75, 3.05) is 12.3 Å². The maximum Gasteiger partial charge on any atom is 0.233 e. The fourth-order valence-electron chi connectivity index (χ4n) is 3.69. The van der Waals surface area contributed by atoms with Gasteiger partial charge in [0, 0.05) is 28.9 Å². The molecular weight excluding hydrogens is 373 g/mol. The average molecular weight is 396 g/mol. The van der Waals surface area contributed by atoms with Gasteiger partial charge >= 0.3 is 0 Å². The van der Waals surface area contributed by atoms with Gasteiger partial charge in [-0.1, -0.05) is 36.0 Å². The molecule has 1 aromatic heterocycles. The zero-order valence-electron chi connectivity index (χ0n) is 15.8. The molecule has 1 atom stereocenters. The van der Waals surface area contributed by atoms with E-state index in [-0.39, 0.29) is 11.7 Å². The maximum absolute atomic E-state index is 13.3. The fourth-order valence-corrected chi connectivity index (χ4v) is 4.55. The highest BCUT2D eigenvalue weighted by Crippen LogP contribution is 2.32. The lowest BCUT2D eigenvalue weighted by Crippen LogP contribution is -2.42. The highest BCUT2D eigenvalue weighted by atomic mass is 32.2. The van der Waals surface area contributed by atoms with Crippen LogP contribution in [0.3, 0.4) is 0 Å². The number of carbonyl (C=O) groups excluding carboxylic acids is 1. The van der Waals surface area contributed by atoms with Gasteiger partial charge < -0.3 is 4.90 Å². The van der Waals surface area contributed by atoms with Crippen molar-refractivity contribution in [1.82, 2.24) is 15.1 Å². The van der Waals surface area contributed by atoms with E-state index in [9.17, 15) is 9.18 Å². The number of rotatable bonds is 4. The first-order valence-electron chi connectivity index (χ1n) is 9.57. The number of fused-ring (bicyclic) bond motifs is 1. The van der Waals surface area contributed by atoms with Crippen LogP contribution in [0, 0.1) is 5.82 Å². The zero-order valence-corrected chi connectivity index (χ0v) is 16.6. The molecule has 144 valence electrons. The van der Waals surface area contributed by atoms with E-state index in [0.29, 0.717) is 11.8 Å². The molecule has 1 fully saturated rings. The van der Waals surface area contributed by atoms with E-state index < -0.39 is 0 Å². The number of piperidine rings is 1. The van der Waals surface area contributed by atoms with E-state index in [4.69, 9.17) is 0 Å². The fraction of sp³-hybridized carbons (Fsp3) is 0.318. The monoisotopic (exact) mass is 395 g/mol. The van der Waals surface area contributed by atoms with E-state index >= 15 is 0 Å². The summed E-state index contributed by atoms with van der Waals surface area (Å²) >= 11 is 1.44. The number of halogens is 1. The molecule has 4 rings (SSSR count). The Kier molecular flexibility index (Phi) is 5.57. The molecule has 1 amide bonds. The predicted octanol–water partition coefficient (Wildman–Crippen LogP) is 4.93. The molecule has 6 heteroatoms. The average Bonchev–Trinajstić information content (AvgIpc) is 2.73. The summed E-state index contributed by atoms with van der Waals surface area (Å²) in [6.45, 7) is 2.96. The van der Waals surface area contributed by atoms with Gasteiger partial charge in [0.15, 0.2) is 0 Å². The van der Waals surface area contributed by atoms with Crippen LogP contribution in [0.5, 0.6) is 0 Å². The van der Waals surface area contributed by atoms with Crippen molar-refractivity contribution in [1.29, 1.82) is 0 Å². The van der Waals surface area contributed by atoms with Crippen LogP contribution in [-0.4, -0.2) is 39.3 Å². The van der Waals surface area contributed by atoms with Gasteiger partial charge in [0.2, 0.25) is 5.91 Å². The van der Waals surface area contributed by atoms with E-state index in [2.05, 4.69) is 17.1 Å². The lowest BCUT2D eigenvalue weighted by atomic mass is 10.0. The molecule has 2 heterocycles. The lowest BCUT2D eigenvalue weighted by molar-refractivity contribution is -0.131. The number of aromatic nitrogens is 2. The third kappa shape index (κ3) is 3.87. The molecular formula is C22H22FN3OS. The summed E-state index contributed by atoms with van der Waals surface area (Å²) in [7, 11) is 0. The normalized spacial score (nSPS) is 17.1. The third-order valence-electron chi connectivity index (χ3n) is 5.23. The van der Waals surface area contributed by atoms with Crippen molar-refractivity contribution in [3.8, 4) is 11.3 Å². The molecule has 0 radical (unpaired) electrons. The summed E-state index contributed by atoms with van der Waals surface area (Å²) in [6.07, 6.45) is 3.35. The number of thioether (sulfide) groups is 1. The van der Waals surface area contributed by atoms with Crippen LogP contribution in [0.4, 0.5) is 4.39 Å². The Bertz CT molecular complexity index is 993. The van der Waals surface area contributed by atoms with Gasteiger partial charge in [-0.3, -0.25) is 4.79 Å². The lowest BCUT2D eigenvalue weighted by Gasteiger charge is -2.33. The van der Waals surface area contributed by atoms with E-state index in [0.717, 1.165) is 46.4 Å². The Balaban J connectivity index is 1.59. The minimum absolute atomic E-state index is 0.158. The van der Waals surface area contributed by atoms with Crippen molar-refractivity contribution in [2.24, 2.45) is 0 Å². The predicted molar refractivity (Wildman–Crippen MR) is 111 cm³/mol. The number of amides is 1. The topological polar surface area (TPSA) is 46.1 Å². The number of nitrogens with zero attached hydrogens (tertiary/aromatic N) is 3. The molecule has 0 aliphatic carbocycles. The number of likely N-dealkylation sites (tertiary alicyclic amines) is 1. The second-order valence-electron chi connectivity index (χ2n) is 7.13. The first-order chi connectivity index (χ1) is 13.6. The smallest absolute Gasteiger partial charge is 0.233 e. The van der Waals surface area contributed by atoms with E-state index in [1.807, 2.05) is 29.2 Å². The van der Waals surface area contributed by atoms with Crippen LogP contribution < -0.4 is 0 Å². The van der Waals surface area contributed by atoms with Crippen molar-refractivity contribution < 1.29 is 9.18 Å². The van der Waals surface area contributed by atoms with Gasteiger partial charge in [0.1, 0.15) is 16.5 Å². The zero-order chi connectivity index (χ0) is 19.5. The number of benzene rings is 2. The molecule has 0 N–H and O–H groups in total. The molecule has 2 aromatic carbocycles. The highest BCUT2D eigenvalue weighted by molar-refractivity contribution is 8.00. The van der Waals surface area contributed by atoms with Crippen molar-refractivity contribution in [3.63, 3.8) is 0 Å². The molecule has 0 saturated carbocycles. The van der Waals surface area contributed by atoms with Crippen LogP contribution in [-0.2, 0) is 4.79 Å². The Morgan fingerprint density at radius 2 is 1.86 bits per heavy atom. The van der Waals surface area contributed by atoms with Crippen molar-refractivity contribution >= 4 is 28.4 Å². The van der Waals surface area contributed by atoms with Crippen LogP contribution >= 0.6 is 11.8 Å². The van der Waals surface area contributed by atoms with Gasteiger partial charge in [0.05, 0.1) is 5.75 Å². The molecule has 1 saturated heterocycles. The van der Waals surface area contributed by atoms with E-state index in [1.54, 1.807) is 12.1 Å². The van der Waals surface area contributed by atoms with Crippen LogP contribution in [0.1, 0.15) is 26.2 Å². The Hall–Kier alpha value is -2.47. The van der Waals surface area contributed by atoms with Crippen molar-refractivity contribution in [2.45, 2.75) is 37.3 Å². The van der Waals surface area contributed by atoms with E-state index in [1.165, 1.54) is 30.3 Å². The van der Waals surface area contributed by atoms with Crippen LogP contribution in [0.15, 0.2) is 53.6 Å². The Labute approximate surface area is 168 Å².